The Labute approximate surface area is 224 Å². The van der Waals surface area contributed by atoms with Crippen LogP contribution in [0.2, 0.25) is 5.02 Å². The van der Waals surface area contributed by atoms with Crippen LogP contribution in [0.25, 0.3) is 6.08 Å². The molecular weight excluding hydrogens is 504 g/mol. The van der Waals surface area contributed by atoms with Crippen molar-refractivity contribution in [3.8, 4) is 0 Å². The van der Waals surface area contributed by atoms with Crippen molar-refractivity contribution >= 4 is 52.7 Å². The molecule has 0 aliphatic rings. The molecule has 0 fully saturated rings. The van der Waals surface area contributed by atoms with Gasteiger partial charge in [0.1, 0.15) is 5.70 Å². The predicted molar refractivity (Wildman–Crippen MR) is 150 cm³/mol. The largest absolute Gasteiger partial charge is 0.321 e. The van der Waals surface area contributed by atoms with E-state index in [1.165, 1.54) is 17.8 Å². The van der Waals surface area contributed by atoms with Crippen LogP contribution in [0.4, 0.5) is 5.69 Å². The molecule has 4 rings (SSSR count). The van der Waals surface area contributed by atoms with Gasteiger partial charge in [-0.05, 0) is 48.0 Å². The number of halogens is 1. The van der Waals surface area contributed by atoms with Crippen LogP contribution in [-0.2, 0) is 4.79 Å². The molecule has 0 spiro atoms. The molecule has 4 aromatic rings. The summed E-state index contributed by atoms with van der Waals surface area (Å²) in [5.74, 6) is -0.634. The quantitative estimate of drug-likeness (QED) is 0.144. The Hall–Kier alpha value is -4.13. The highest BCUT2D eigenvalue weighted by Gasteiger charge is 2.16. The van der Waals surface area contributed by atoms with Gasteiger partial charge < -0.3 is 10.6 Å². The van der Waals surface area contributed by atoms with Crippen molar-refractivity contribution in [2.24, 2.45) is 0 Å². The van der Waals surface area contributed by atoms with E-state index in [0.29, 0.717) is 27.4 Å². The summed E-state index contributed by atoms with van der Waals surface area (Å²) in [6.07, 6.45) is 1.54. The smallest absolute Gasteiger partial charge is 0.272 e. The van der Waals surface area contributed by atoms with E-state index in [4.69, 9.17) is 11.6 Å². The molecule has 0 saturated heterocycles. The SMILES string of the molecule is O=C(Nc1cccc(SCC(=O)c2ccccc2)c1)/C(=C/c1ccccc1Cl)NC(=O)c1ccccc1. The fraction of sp³-hybridized carbons (Fsp3) is 0.0333. The number of ketones is 1. The fourth-order valence-electron chi connectivity index (χ4n) is 3.41. The highest BCUT2D eigenvalue weighted by Crippen LogP contribution is 2.24. The summed E-state index contributed by atoms with van der Waals surface area (Å²) in [5.41, 5.74) is 2.23. The molecule has 0 unspecified atom stereocenters. The van der Waals surface area contributed by atoms with Crippen LogP contribution < -0.4 is 10.6 Å². The lowest BCUT2D eigenvalue weighted by Crippen LogP contribution is -2.30. The van der Waals surface area contributed by atoms with Crippen LogP contribution >= 0.6 is 23.4 Å². The lowest BCUT2D eigenvalue weighted by molar-refractivity contribution is -0.113. The van der Waals surface area contributed by atoms with E-state index in [2.05, 4.69) is 10.6 Å². The Morgan fingerprint density at radius 1 is 0.757 bits per heavy atom. The normalized spacial score (nSPS) is 11.0. The van der Waals surface area contributed by atoms with Crippen LogP contribution in [0, 0.1) is 0 Å². The average molecular weight is 527 g/mol. The van der Waals surface area contributed by atoms with E-state index in [-0.39, 0.29) is 17.2 Å². The zero-order valence-corrected chi connectivity index (χ0v) is 21.3. The maximum Gasteiger partial charge on any atom is 0.272 e. The van der Waals surface area contributed by atoms with Crippen molar-refractivity contribution in [2.45, 2.75) is 4.90 Å². The molecule has 0 bridgehead atoms. The number of rotatable bonds is 9. The van der Waals surface area contributed by atoms with Crippen LogP contribution in [-0.4, -0.2) is 23.4 Å². The molecule has 4 aromatic carbocycles. The van der Waals surface area contributed by atoms with Crippen molar-refractivity contribution in [1.82, 2.24) is 5.32 Å². The molecule has 0 heterocycles. The van der Waals surface area contributed by atoms with E-state index in [1.807, 2.05) is 30.3 Å². The molecule has 0 saturated carbocycles. The van der Waals surface area contributed by atoms with Gasteiger partial charge in [0, 0.05) is 26.7 Å². The topological polar surface area (TPSA) is 75.3 Å². The number of carbonyl (C=O) groups excluding carboxylic acids is 3. The first kappa shape index (κ1) is 25.9. The third-order valence-corrected chi connectivity index (χ3v) is 6.63. The van der Waals surface area contributed by atoms with E-state index in [9.17, 15) is 14.4 Å². The number of amides is 2. The molecule has 2 amide bonds. The van der Waals surface area contributed by atoms with Crippen molar-refractivity contribution in [3.05, 3.63) is 137 Å². The van der Waals surface area contributed by atoms with E-state index < -0.39 is 11.8 Å². The highest BCUT2D eigenvalue weighted by atomic mass is 35.5. The first-order chi connectivity index (χ1) is 18.0. The lowest BCUT2D eigenvalue weighted by atomic mass is 10.1. The summed E-state index contributed by atoms with van der Waals surface area (Å²) < 4.78 is 0. The lowest BCUT2D eigenvalue weighted by Gasteiger charge is -2.12. The van der Waals surface area contributed by atoms with Crippen molar-refractivity contribution in [2.75, 3.05) is 11.1 Å². The third kappa shape index (κ3) is 7.43. The van der Waals surface area contributed by atoms with Gasteiger partial charge in [-0.3, -0.25) is 14.4 Å². The number of nitrogens with one attached hydrogen (secondary N) is 2. The molecule has 0 radical (unpaired) electrons. The summed E-state index contributed by atoms with van der Waals surface area (Å²) >= 11 is 7.68. The Morgan fingerprint density at radius 3 is 2.11 bits per heavy atom. The Kier molecular flexibility index (Phi) is 8.92. The van der Waals surface area contributed by atoms with Gasteiger partial charge in [-0.2, -0.15) is 0 Å². The van der Waals surface area contributed by atoms with E-state index >= 15 is 0 Å². The number of benzene rings is 4. The van der Waals surface area contributed by atoms with Crippen molar-refractivity contribution in [1.29, 1.82) is 0 Å². The van der Waals surface area contributed by atoms with Gasteiger partial charge in [-0.25, -0.2) is 0 Å². The molecule has 2 N–H and O–H groups in total. The maximum atomic E-state index is 13.3. The molecule has 0 aromatic heterocycles. The van der Waals surface area contributed by atoms with Crippen molar-refractivity contribution < 1.29 is 14.4 Å². The van der Waals surface area contributed by atoms with Gasteiger partial charge in [0.15, 0.2) is 5.78 Å². The molecule has 7 heteroatoms. The predicted octanol–water partition coefficient (Wildman–Crippen LogP) is 6.72. The minimum Gasteiger partial charge on any atom is -0.321 e. The van der Waals surface area contributed by atoms with Crippen LogP contribution in [0.3, 0.4) is 0 Å². The first-order valence-electron chi connectivity index (χ1n) is 11.4. The summed E-state index contributed by atoms with van der Waals surface area (Å²) in [6, 6.07) is 32.0. The zero-order chi connectivity index (χ0) is 26.0. The summed E-state index contributed by atoms with van der Waals surface area (Å²) in [5, 5.41) is 5.99. The van der Waals surface area contributed by atoms with Gasteiger partial charge in [-0.15, -0.1) is 11.8 Å². The minimum atomic E-state index is -0.508. The standard InChI is InChI=1S/C30H23ClN2O3S/c31-26-17-8-7-14-23(26)18-27(33-29(35)22-12-5-2-6-13-22)30(36)32-24-15-9-16-25(19-24)37-20-28(34)21-10-3-1-4-11-21/h1-19H,20H2,(H,32,36)(H,33,35)/b27-18-. The number of Topliss-reactive ketones (excluding diaryl/α,β-unsaturated/α-hetero) is 1. The van der Waals surface area contributed by atoms with Gasteiger partial charge in [-0.1, -0.05) is 84.4 Å². The second-order valence-electron chi connectivity index (χ2n) is 7.96. The van der Waals surface area contributed by atoms with Gasteiger partial charge >= 0.3 is 0 Å². The molecule has 37 heavy (non-hydrogen) atoms. The molecule has 184 valence electrons. The number of hydrogen-bond acceptors (Lipinski definition) is 4. The second kappa shape index (κ2) is 12.7. The van der Waals surface area contributed by atoms with Gasteiger partial charge in [0.25, 0.3) is 11.8 Å². The Morgan fingerprint density at radius 2 is 1.41 bits per heavy atom. The average Bonchev–Trinajstić information content (AvgIpc) is 2.93. The second-order valence-corrected chi connectivity index (χ2v) is 9.42. The fourth-order valence-corrected chi connectivity index (χ4v) is 4.45. The highest BCUT2D eigenvalue weighted by molar-refractivity contribution is 8.00. The van der Waals surface area contributed by atoms with Crippen molar-refractivity contribution in [3.63, 3.8) is 0 Å². The summed E-state index contributed by atoms with van der Waals surface area (Å²) in [4.78, 5) is 39.3. The zero-order valence-electron chi connectivity index (χ0n) is 19.7. The molecule has 0 atom stereocenters. The maximum absolute atomic E-state index is 13.3. The van der Waals surface area contributed by atoms with Gasteiger partial charge in [0.05, 0.1) is 5.75 Å². The van der Waals surface area contributed by atoms with E-state index in [1.54, 1.807) is 78.9 Å². The van der Waals surface area contributed by atoms with Gasteiger partial charge in [0.2, 0.25) is 0 Å². The molecule has 5 nitrogen and oxygen atoms in total. The molecule has 0 aliphatic carbocycles. The number of thioether (sulfide) groups is 1. The van der Waals surface area contributed by atoms with Crippen LogP contribution in [0.5, 0.6) is 0 Å². The summed E-state index contributed by atoms with van der Waals surface area (Å²) in [6.45, 7) is 0. The minimum absolute atomic E-state index is 0.0219. The number of anilines is 1. The third-order valence-electron chi connectivity index (χ3n) is 5.29. The first-order valence-corrected chi connectivity index (χ1v) is 12.8. The monoisotopic (exact) mass is 526 g/mol. The van der Waals surface area contributed by atoms with Crippen LogP contribution in [0.15, 0.2) is 120 Å². The van der Waals surface area contributed by atoms with Crippen LogP contribution in [0.1, 0.15) is 26.3 Å². The summed E-state index contributed by atoms with van der Waals surface area (Å²) in [7, 11) is 0. The van der Waals surface area contributed by atoms with E-state index in [0.717, 1.165) is 4.90 Å². The Balaban J connectivity index is 1.50. The molecule has 0 aliphatic heterocycles. The number of hydrogen-bond donors (Lipinski definition) is 2. The number of carbonyl (C=O) groups is 3. The Bertz CT molecular complexity index is 1440. The molecular formula is C30H23ClN2O3S.